The summed E-state index contributed by atoms with van der Waals surface area (Å²) < 4.78 is 7.48. The predicted octanol–water partition coefficient (Wildman–Crippen LogP) is 1.69. The molecule has 0 radical (unpaired) electrons. The second-order valence-corrected chi connectivity index (χ2v) is 6.14. The molecule has 1 N–H and O–H groups in total. The van der Waals surface area contributed by atoms with E-state index in [0.717, 1.165) is 38.2 Å². The van der Waals surface area contributed by atoms with Crippen molar-refractivity contribution in [3.8, 4) is 5.75 Å². The van der Waals surface area contributed by atoms with Crippen LogP contribution in [-0.2, 0) is 7.05 Å². The van der Waals surface area contributed by atoms with Crippen LogP contribution in [0.2, 0.25) is 0 Å². The van der Waals surface area contributed by atoms with E-state index in [9.17, 15) is 4.79 Å². The third-order valence-electron chi connectivity index (χ3n) is 4.39. The minimum Gasteiger partial charge on any atom is -0.492 e. The molecule has 0 unspecified atom stereocenters. The first-order valence-electron chi connectivity index (χ1n) is 8.40. The van der Waals surface area contributed by atoms with Crippen molar-refractivity contribution in [3.05, 3.63) is 48.5 Å². The van der Waals surface area contributed by atoms with Crippen molar-refractivity contribution < 1.29 is 9.53 Å². The van der Waals surface area contributed by atoms with E-state index < -0.39 is 0 Å². The fourth-order valence-corrected chi connectivity index (χ4v) is 2.95. The SMILES string of the molecule is Cn1cncc1C(=O)NC1CCN(CCOc2ccccc2)CC1. The van der Waals surface area contributed by atoms with Crippen LogP contribution in [0.5, 0.6) is 5.75 Å². The first kappa shape index (κ1) is 16.5. The Morgan fingerprint density at radius 1 is 1.29 bits per heavy atom. The second-order valence-electron chi connectivity index (χ2n) is 6.14. The number of likely N-dealkylation sites (tertiary alicyclic amines) is 1. The summed E-state index contributed by atoms with van der Waals surface area (Å²) in [6.45, 7) is 3.57. The van der Waals surface area contributed by atoms with Crippen LogP contribution in [0.1, 0.15) is 23.3 Å². The molecule has 1 aromatic carbocycles. The molecule has 128 valence electrons. The van der Waals surface area contributed by atoms with E-state index in [4.69, 9.17) is 4.74 Å². The van der Waals surface area contributed by atoms with E-state index in [1.54, 1.807) is 17.1 Å². The number of ether oxygens (including phenoxy) is 1. The number of carbonyl (C=O) groups excluding carboxylic acids is 1. The smallest absolute Gasteiger partial charge is 0.269 e. The van der Waals surface area contributed by atoms with Gasteiger partial charge < -0.3 is 14.6 Å². The van der Waals surface area contributed by atoms with Gasteiger partial charge in [-0.3, -0.25) is 9.69 Å². The molecule has 1 fully saturated rings. The number of nitrogens with zero attached hydrogens (tertiary/aromatic N) is 3. The zero-order valence-corrected chi connectivity index (χ0v) is 14.0. The maximum Gasteiger partial charge on any atom is 0.269 e. The lowest BCUT2D eigenvalue weighted by Crippen LogP contribution is -2.45. The van der Waals surface area contributed by atoms with E-state index in [1.807, 2.05) is 37.4 Å². The average molecular weight is 328 g/mol. The number of aryl methyl sites for hydroxylation is 1. The monoisotopic (exact) mass is 328 g/mol. The van der Waals surface area contributed by atoms with E-state index >= 15 is 0 Å². The zero-order valence-electron chi connectivity index (χ0n) is 14.0. The minimum absolute atomic E-state index is 0.0409. The summed E-state index contributed by atoms with van der Waals surface area (Å²) in [5.74, 6) is 0.872. The third kappa shape index (κ3) is 4.35. The highest BCUT2D eigenvalue weighted by Gasteiger charge is 2.21. The number of hydrogen-bond acceptors (Lipinski definition) is 4. The molecule has 0 atom stereocenters. The number of benzene rings is 1. The van der Waals surface area contributed by atoms with Crippen LogP contribution in [-0.4, -0.2) is 52.6 Å². The van der Waals surface area contributed by atoms with Crippen LogP contribution < -0.4 is 10.1 Å². The van der Waals surface area contributed by atoms with Crippen LogP contribution in [0.25, 0.3) is 0 Å². The summed E-state index contributed by atoms with van der Waals surface area (Å²) >= 11 is 0. The van der Waals surface area contributed by atoms with Gasteiger partial charge in [-0.1, -0.05) is 18.2 Å². The molecule has 1 aromatic heterocycles. The van der Waals surface area contributed by atoms with Gasteiger partial charge in [0, 0.05) is 32.7 Å². The van der Waals surface area contributed by atoms with Crippen molar-refractivity contribution in [1.29, 1.82) is 0 Å². The molecule has 1 amide bonds. The van der Waals surface area contributed by atoms with Gasteiger partial charge in [-0.15, -0.1) is 0 Å². The molecule has 1 aliphatic heterocycles. The Morgan fingerprint density at radius 3 is 2.71 bits per heavy atom. The van der Waals surface area contributed by atoms with Gasteiger partial charge in [-0.05, 0) is 25.0 Å². The predicted molar refractivity (Wildman–Crippen MR) is 92.1 cm³/mol. The highest BCUT2D eigenvalue weighted by Crippen LogP contribution is 2.12. The molecule has 3 rings (SSSR count). The molecule has 0 saturated carbocycles. The number of amides is 1. The molecule has 1 saturated heterocycles. The molecule has 0 bridgehead atoms. The molecule has 6 heteroatoms. The number of para-hydroxylation sites is 1. The Bertz CT molecular complexity index is 648. The molecular formula is C18H24N4O2. The molecule has 2 aromatic rings. The van der Waals surface area contributed by atoms with Crippen LogP contribution in [0.15, 0.2) is 42.9 Å². The van der Waals surface area contributed by atoms with Gasteiger partial charge in [0.1, 0.15) is 18.1 Å². The first-order valence-corrected chi connectivity index (χ1v) is 8.40. The molecule has 24 heavy (non-hydrogen) atoms. The fraction of sp³-hybridized carbons (Fsp3) is 0.444. The van der Waals surface area contributed by atoms with Gasteiger partial charge in [0.25, 0.3) is 5.91 Å². The topological polar surface area (TPSA) is 59.4 Å². The molecule has 0 aliphatic carbocycles. The summed E-state index contributed by atoms with van der Waals surface area (Å²) in [6.07, 6.45) is 5.18. The summed E-state index contributed by atoms with van der Waals surface area (Å²) in [7, 11) is 1.83. The largest absolute Gasteiger partial charge is 0.492 e. The van der Waals surface area contributed by atoms with Crippen molar-refractivity contribution in [2.24, 2.45) is 7.05 Å². The van der Waals surface area contributed by atoms with Gasteiger partial charge in [0.2, 0.25) is 0 Å². The molecule has 6 nitrogen and oxygen atoms in total. The zero-order chi connectivity index (χ0) is 16.8. The highest BCUT2D eigenvalue weighted by atomic mass is 16.5. The van der Waals surface area contributed by atoms with E-state index in [-0.39, 0.29) is 11.9 Å². The van der Waals surface area contributed by atoms with Gasteiger partial charge in [0.15, 0.2) is 0 Å². The highest BCUT2D eigenvalue weighted by molar-refractivity contribution is 5.92. The molecule has 2 heterocycles. The van der Waals surface area contributed by atoms with Crippen LogP contribution in [0.4, 0.5) is 0 Å². The maximum absolute atomic E-state index is 12.2. The summed E-state index contributed by atoms with van der Waals surface area (Å²) in [5.41, 5.74) is 0.605. The van der Waals surface area contributed by atoms with Gasteiger partial charge in [-0.25, -0.2) is 4.98 Å². The summed E-state index contributed by atoms with van der Waals surface area (Å²) in [5, 5.41) is 3.11. The Balaban J connectivity index is 1.37. The van der Waals surface area contributed by atoms with Gasteiger partial charge in [0.05, 0.1) is 12.5 Å². The first-order chi connectivity index (χ1) is 11.7. The quantitative estimate of drug-likeness (QED) is 0.877. The van der Waals surface area contributed by atoms with Crippen molar-refractivity contribution in [3.63, 3.8) is 0 Å². The van der Waals surface area contributed by atoms with Crippen molar-refractivity contribution in [2.75, 3.05) is 26.2 Å². The lowest BCUT2D eigenvalue weighted by molar-refractivity contribution is 0.0897. The Morgan fingerprint density at radius 2 is 2.04 bits per heavy atom. The van der Waals surface area contributed by atoms with Crippen LogP contribution in [0.3, 0.4) is 0 Å². The van der Waals surface area contributed by atoms with Crippen molar-refractivity contribution >= 4 is 5.91 Å². The fourth-order valence-electron chi connectivity index (χ4n) is 2.95. The van der Waals surface area contributed by atoms with E-state index in [2.05, 4.69) is 15.2 Å². The van der Waals surface area contributed by atoms with Gasteiger partial charge >= 0.3 is 0 Å². The van der Waals surface area contributed by atoms with Crippen LogP contribution >= 0.6 is 0 Å². The maximum atomic E-state index is 12.2. The van der Waals surface area contributed by atoms with Crippen molar-refractivity contribution in [1.82, 2.24) is 19.8 Å². The number of aromatic nitrogens is 2. The Kier molecular flexibility index (Phi) is 5.48. The van der Waals surface area contributed by atoms with Gasteiger partial charge in [-0.2, -0.15) is 0 Å². The van der Waals surface area contributed by atoms with E-state index in [0.29, 0.717) is 12.3 Å². The second kappa shape index (κ2) is 7.97. The standard InChI is InChI=1S/C18H24N4O2/c1-21-14-19-13-17(21)18(23)20-15-7-9-22(10-8-15)11-12-24-16-5-3-2-4-6-16/h2-6,13-15H,7-12H2,1H3,(H,20,23). The van der Waals surface area contributed by atoms with E-state index in [1.165, 1.54) is 0 Å². The lowest BCUT2D eigenvalue weighted by Gasteiger charge is -2.32. The summed E-state index contributed by atoms with van der Waals surface area (Å²) in [4.78, 5) is 18.6. The Labute approximate surface area is 142 Å². The lowest BCUT2D eigenvalue weighted by atomic mass is 10.0. The number of imidazole rings is 1. The third-order valence-corrected chi connectivity index (χ3v) is 4.39. The summed E-state index contributed by atoms with van der Waals surface area (Å²) in [6, 6.07) is 10.1. The number of nitrogens with one attached hydrogen (secondary N) is 1. The van der Waals surface area contributed by atoms with Crippen molar-refractivity contribution in [2.45, 2.75) is 18.9 Å². The normalized spacial score (nSPS) is 16.0. The minimum atomic E-state index is -0.0409. The molecule has 1 aliphatic rings. The molecule has 0 spiro atoms. The number of carbonyl (C=O) groups is 1. The number of piperidine rings is 1. The molecular weight excluding hydrogens is 304 g/mol. The number of hydrogen-bond donors (Lipinski definition) is 1. The van der Waals surface area contributed by atoms with Crippen LogP contribution in [0, 0.1) is 0 Å². The Hall–Kier alpha value is -2.34. The number of rotatable bonds is 6. The average Bonchev–Trinajstić information content (AvgIpc) is 3.04.